The first-order valence-corrected chi connectivity index (χ1v) is 16.3. The molecular formula is C42H37N5O2. The van der Waals surface area contributed by atoms with Gasteiger partial charge in [0.15, 0.2) is 6.17 Å². The molecule has 6 aromatic carbocycles. The third-order valence-corrected chi connectivity index (χ3v) is 8.60. The van der Waals surface area contributed by atoms with Crippen molar-refractivity contribution in [2.45, 2.75) is 18.6 Å². The standard InChI is InChI=1S/C42H37N5O2/c1-49-38-28-24-32(25-29-38)40-30-39(44-45-40)31-22-26-33(27-23-31)43-41(46(34-14-6-2-7-15-34)35-16-8-3-9-17-35)42(48)47(36-18-10-4-11-19-36)37-20-12-5-13-21-37/h2-29,40-41,43,45H,30H2,1H3. The highest BCUT2D eigenvalue weighted by Crippen LogP contribution is 2.33. The van der Waals surface area contributed by atoms with Gasteiger partial charge in [-0.05, 0) is 83.9 Å². The highest BCUT2D eigenvalue weighted by molar-refractivity contribution is 6.07. The number of benzene rings is 6. The van der Waals surface area contributed by atoms with Crippen LogP contribution >= 0.6 is 0 Å². The number of carbonyl (C=O) groups is 1. The highest BCUT2D eigenvalue weighted by atomic mass is 16.5. The zero-order chi connectivity index (χ0) is 33.4. The van der Waals surface area contributed by atoms with E-state index in [1.165, 1.54) is 0 Å². The molecule has 7 heteroatoms. The molecule has 7 rings (SSSR count). The summed E-state index contributed by atoms with van der Waals surface area (Å²) in [5.41, 5.74) is 10.6. The van der Waals surface area contributed by atoms with Crippen LogP contribution in [0.2, 0.25) is 0 Å². The van der Waals surface area contributed by atoms with E-state index in [1.54, 1.807) is 12.0 Å². The van der Waals surface area contributed by atoms with Crippen molar-refractivity contribution in [1.82, 2.24) is 5.43 Å². The maximum absolute atomic E-state index is 15.1. The molecule has 2 N–H and O–H groups in total. The van der Waals surface area contributed by atoms with E-state index >= 15 is 4.79 Å². The molecule has 0 saturated carbocycles. The van der Waals surface area contributed by atoms with Crippen LogP contribution in [0, 0.1) is 0 Å². The first kappa shape index (κ1) is 31.3. The Labute approximate surface area is 287 Å². The lowest BCUT2D eigenvalue weighted by Crippen LogP contribution is -2.50. The number of anilines is 5. The summed E-state index contributed by atoms with van der Waals surface area (Å²) in [5, 5.41) is 8.30. The Morgan fingerprint density at radius 3 is 1.65 bits per heavy atom. The zero-order valence-electron chi connectivity index (χ0n) is 27.2. The molecule has 1 aliphatic heterocycles. The molecule has 0 aromatic heterocycles. The van der Waals surface area contributed by atoms with E-state index in [9.17, 15) is 0 Å². The summed E-state index contributed by atoms with van der Waals surface area (Å²) in [7, 11) is 1.67. The van der Waals surface area contributed by atoms with Crippen LogP contribution in [-0.2, 0) is 4.79 Å². The van der Waals surface area contributed by atoms with Crippen LogP contribution in [-0.4, -0.2) is 24.9 Å². The van der Waals surface area contributed by atoms with Crippen LogP contribution < -0.4 is 25.3 Å². The lowest BCUT2D eigenvalue weighted by atomic mass is 9.99. The van der Waals surface area contributed by atoms with Gasteiger partial charge in [-0.3, -0.25) is 9.69 Å². The molecule has 1 heterocycles. The first-order valence-electron chi connectivity index (χ1n) is 16.3. The number of para-hydroxylation sites is 4. The summed E-state index contributed by atoms with van der Waals surface area (Å²) in [6.45, 7) is 0. The molecule has 49 heavy (non-hydrogen) atoms. The van der Waals surface area contributed by atoms with Crippen molar-refractivity contribution in [3.8, 4) is 5.75 Å². The maximum Gasteiger partial charge on any atom is 0.275 e. The molecule has 0 spiro atoms. The van der Waals surface area contributed by atoms with Crippen LogP contribution in [0.25, 0.3) is 0 Å². The topological polar surface area (TPSA) is 69.2 Å². The second-order valence-corrected chi connectivity index (χ2v) is 11.7. The zero-order valence-corrected chi connectivity index (χ0v) is 27.2. The van der Waals surface area contributed by atoms with E-state index in [4.69, 9.17) is 4.74 Å². The number of nitrogens with zero attached hydrogens (tertiary/aromatic N) is 3. The van der Waals surface area contributed by atoms with Crippen molar-refractivity contribution in [3.05, 3.63) is 181 Å². The second-order valence-electron chi connectivity index (χ2n) is 11.7. The van der Waals surface area contributed by atoms with Gasteiger partial charge in [0.05, 0.1) is 18.9 Å². The molecule has 0 bridgehead atoms. The molecular weight excluding hydrogens is 606 g/mol. The largest absolute Gasteiger partial charge is 0.497 e. The van der Waals surface area contributed by atoms with E-state index in [1.807, 2.05) is 146 Å². The summed E-state index contributed by atoms with van der Waals surface area (Å²) in [4.78, 5) is 18.9. The van der Waals surface area contributed by atoms with Crippen LogP contribution in [0.1, 0.15) is 23.6 Å². The van der Waals surface area contributed by atoms with Crippen molar-refractivity contribution < 1.29 is 9.53 Å². The van der Waals surface area contributed by atoms with E-state index in [0.717, 1.165) is 57.4 Å². The van der Waals surface area contributed by atoms with Gasteiger partial charge in [0.2, 0.25) is 0 Å². The lowest BCUT2D eigenvalue weighted by Gasteiger charge is -2.37. The van der Waals surface area contributed by atoms with Gasteiger partial charge in [0.1, 0.15) is 5.75 Å². The van der Waals surface area contributed by atoms with Crippen LogP contribution in [0.4, 0.5) is 28.4 Å². The fourth-order valence-electron chi connectivity index (χ4n) is 6.11. The molecule has 0 fully saturated rings. The van der Waals surface area contributed by atoms with Gasteiger partial charge in [-0.1, -0.05) is 97.1 Å². The molecule has 0 saturated heterocycles. The summed E-state index contributed by atoms with van der Waals surface area (Å²) in [6.07, 6.45) is -0.0555. The van der Waals surface area contributed by atoms with Crippen molar-refractivity contribution in [3.63, 3.8) is 0 Å². The van der Waals surface area contributed by atoms with Gasteiger partial charge in [-0.2, -0.15) is 5.10 Å². The number of methoxy groups -OCH3 is 1. The number of nitrogens with one attached hydrogen (secondary N) is 2. The van der Waals surface area contributed by atoms with E-state index in [-0.39, 0.29) is 11.9 Å². The first-order chi connectivity index (χ1) is 24.2. The summed E-state index contributed by atoms with van der Waals surface area (Å²) < 4.78 is 5.32. The van der Waals surface area contributed by atoms with Gasteiger partial charge >= 0.3 is 0 Å². The van der Waals surface area contributed by atoms with E-state index in [0.29, 0.717) is 0 Å². The Morgan fingerprint density at radius 1 is 0.673 bits per heavy atom. The minimum absolute atomic E-state index is 0.0907. The minimum Gasteiger partial charge on any atom is -0.497 e. The van der Waals surface area contributed by atoms with Crippen molar-refractivity contribution in [2.75, 3.05) is 22.2 Å². The molecule has 0 aliphatic carbocycles. The number of hydrogen-bond donors (Lipinski definition) is 2. The van der Waals surface area contributed by atoms with Gasteiger partial charge in [0, 0.05) is 34.9 Å². The Morgan fingerprint density at radius 2 is 1.16 bits per heavy atom. The number of hydrazone groups is 1. The van der Waals surface area contributed by atoms with Gasteiger partial charge < -0.3 is 20.4 Å². The smallest absolute Gasteiger partial charge is 0.275 e. The van der Waals surface area contributed by atoms with Gasteiger partial charge in [-0.25, -0.2) is 0 Å². The average Bonchev–Trinajstić information content (AvgIpc) is 3.67. The van der Waals surface area contributed by atoms with Gasteiger partial charge in [-0.15, -0.1) is 0 Å². The minimum atomic E-state index is -0.819. The monoisotopic (exact) mass is 643 g/mol. The summed E-state index contributed by atoms with van der Waals surface area (Å²) >= 11 is 0. The van der Waals surface area contributed by atoms with Crippen molar-refractivity contribution in [1.29, 1.82) is 0 Å². The number of amides is 1. The Bertz CT molecular complexity index is 1910. The number of ether oxygens (including phenoxy) is 1. The average molecular weight is 644 g/mol. The Kier molecular flexibility index (Phi) is 9.32. The fourth-order valence-corrected chi connectivity index (χ4v) is 6.11. The van der Waals surface area contributed by atoms with Crippen LogP contribution in [0.5, 0.6) is 5.75 Å². The van der Waals surface area contributed by atoms with E-state index < -0.39 is 6.17 Å². The van der Waals surface area contributed by atoms with Crippen LogP contribution in [0.15, 0.2) is 175 Å². The molecule has 7 nitrogen and oxygen atoms in total. The SMILES string of the molecule is COc1ccc(C2CC(c3ccc(NC(C(=O)N(c4ccccc4)c4ccccc4)N(c4ccccc4)c4ccccc4)cc3)=NN2)cc1. The molecule has 6 aromatic rings. The summed E-state index contributed by atoms with van der Waals surface area (Å²) in [5.74, 6) is 0.692. The quantitative estimate of drug-likeness (QED) is 0.138. The number of rotatable bonds is 11. The molecule has 242 valence electrons. The van der Waals surface area contributed by atoms with Crippen molar-refractivity contribution >= 4 is 40.1 Å². The third-order valence-electron chi connectivity index (χ3n) is 8.60. The second kappa shape index (κ2) is 14.6. The van der Waals surface area contributed by atoms with Crippen LogP contribution in [0.3, 0.4) is 0 Å². The third kappa shape index (κ3) is 7.01. The van der Waals surface area contributed by atoms with Gasteiger partial charge in [0.25, 0.3) is 5.91 Å². The molecule has 1 aliphatic rings. The predicted octanol–water partition coefficient (Wildman–Crippen LogP) is 9.08. The highest BCUT2D eigenvalue weighted by Gasteiger charge is 2.33. The lowest BCUT2D eigenvalue weighted by molar-refractivity contribution is -0.118. The Balaban J connectivity index is 1.23. The molecule has 2 atom stereocenters. The Hall–Kier alpha value is -6.34. The van der Waals surface area contributed by atoms with Crippen molar-refractivity contribution in [2.24, 2.45) is 5.10 Å². The maximum atomic E-state index is 15.1. The normalized spacial score (nSPS) is 14.2. The fraction of sp³-hybridized carbons (Fsp3) is 0.0952. The molecule has 1 amide bonds. The molecule has 0 radical (unpaired) electrons. The molecule has 2 unspecified atom stereocenters. The number of hydrogen-bond acceptors (Lipinski definition) is 6. The summed E-state index contributed by atoms with van der Waals surface area (Å²) in [6, 6.07) is 55.9. The number of carbonyl (C=O) groups excluding carboxylic acids is 1. The van der Waals surface area contributed by atoms with E-state index in [2.05, 4.69) is 45.0 Å². The predicted molar refractivity (Wildman–Crippen MR) is 199 cm³/mol.